The maximum Gasteiger partial charge on any atom is 0.259 e. The maximum atomic E-state index is 12.4. The SMILES string of the molecule is CCOc1ccc(Br)cc1C(=O)Nc1ccc(Cl)cc1Cl. The molecule has 2 aromatic carbocycles. The van der Waals surface area contributed by atoms with Gasteiger partial charge >= 0.3 is 0 Å². The molecule has 2 aromatic rings. The highest BCUT2D eigenvalue weighted by molar-refractivity contribution is 9.10. The molecule has 110 valence electrons. The Labute approximate surface area is 141 Å². The molecule has 0 spiro atoms. The molecule has 21 heavy (non-hydrogen) atoms. The standard InChI is InChI=1S/C15H12BrCl2NO2/c1-2-21-14-6-3-9(16)7-11(14)15(20)19-13-5-4-10(17)8-12(13)18/h3-8H,2H2,1H3,(H,19,20). The summed E-state index contributed by atoms with van der Waals surface area (Å²) in [6, 6.07) is 10.1. The van der Waals surface area contributed by atoms with Gasteiger partial charge in [0.2, 0.25) is 0 Å². The molecule has 0 unspecified atom stereocenters. The van der Waals surface area contributed by atoms with Gasteiger partial charge in [0.05, 0.1) is 22.9 Å². The number of halogens is 3. The van der Waals surface area contributed by atoms with Gasteiger partial charge in [-0.1, -0.05) is 39.1 Å². The molecule has 1 N–H and O–H groups in total. The number of ether oxygens (including phenoxy) is 1. The molecule has 2 rings (SSSR count). The summed E-state index contributed by atoms with van der Waals surface area (Å²) < 4.78 is 6.25. The van der Waals surface area contributed by atoms with E-state index in [1.54, 1.807) is 30.3 Å². The molecule has 3 nitrogen and oxygen atoms in total. The average molecular weight is 389 g/mol. The highest BCUT2D eigenvalue weighted by atomic mass is 79.9. The number of benzene rings is 2. The number of rotatable bonds is 4. The lowest BCUT2D eigenvalue weighted by Crippen LogP contribution is -2.14. The van der Waals surface area contributed by atoms with E-state index in [1.807, 2.05) is 13.0 Å². The molecule has 0 heterocycles. The maximum absolute atomic E-state index is 12.4. The Balaban J connectivity index is 2.29. The first-order valence-electron chi connectivity index (χ1n) is 6.20. The number of hydrogen-bond acceptors (Lipinski definition) is 2. The largest absolute Gasteiger partial charge is 0.493 e. The van der Waals surface area contributed by atoms with Crippen LogP contribution >= 0.6 is 39.1 Å². The lowest BCUT2D eigenvalue weighted by atomic mass is 10.2. The summed E-state index contributed by atoms with van der Waals surface area (Å²) in [6.45, 7) is 2.34. The van der Waals surface area contributed by atoms with Gasteiger partial charge < -0.3 is 10.1 Å². The van der Waals surface area contributed by atoms with Crippen molar-refractivity contribution in [1.29, 1.82) is 0 Å². The lowest BCUT2D eigenvalue weighted by Gasteiger charge is -2.12. The Morgan fingerprint density at radius 3 is 2.67 bits per heavy atom. The molecule has 0 radical (unpaired) electrons. The predicted molar refractivity (Wildman–Crippen MR) is 89.7 cm³/mol. The van der Waals surface area contributed by atoms with Crippen molar-refractivity contribution >= 4 is 50.7 Å². The summed E-state index contributed by atoms with van der Waals surface area (Å²) in [4.78, 5) is 12.4. The highest BCUT2D eigenvalue weighted by Gasteiger charge is 2.14. The Morgan fingerprint density at radius 1 is 1.24 bits per heavy atom. The molecule has 0 aliphatic carbocycles. The smallest absolute Gasteiger partial charge is 0.259 e. The second kappa shape index (κ2) is 7.16. The minimum absolute atomic E-state index is 0.302. The normalized spacial score (nSPS) is 10.3. The molecule has 0 bridgehead atoms. The topological polar surface area (TPSA) is 38.3 Å². The fourth-order valence-electron chi connectivity index (χ4n) is 1.74. The molecule has 0 aliphatic heterocycles. The van der Waals surface area contributed by atoms with Crippen LogP contribution in [0.15, 0.2) is 40.9 Å². The zero-order chi connectivity index (χ0) is 15.4. The van der Waals surface area contributed by atoms with Crippen molar-refractivity contribution in [1.82, 2.24) is 0 Å². The Kier molecular flexibility index (Phi) is 5.51. The summed E-state index contributed by atoms with van der Waals surface area (Å²) in [5, 5.41) is 3.64. The van der Waals surface area contributed by atoms with E-state index in [1.165, 1.54) is 0 Å². The summed E-state index contributed by atoms with van der Waals surface area (Å²) in [5.41, 5.74) is 0.922. The van der Waals surface area contributed by atoms with E-state index >= 15 is 0 Å². The van der Waals surface area contributed by atoms with Crippen LogP contribution in [-0.4, -0.2) is 12.5 Å². The minimum atomic E-state index is -0.302. The molecule has 0 fully saturated rings. The van der Waals surface area contributed by atoms with Gasteiger partial charge in [0, 0.05) is 9.50 Å². The summed E-state index contributed by atoms with van der Waals surface area (Å²) in [7, 11) is 0. The van der Waals surface area contributed by atoms with E-state index in [9.17, 15) is 4.79 Å². The van der Waals surface area contributed by atoms with Crippen LogP contribution in [0.1, 0.15) is 17.3 Å². The number of amides is 1. The second-order valence-electron chi connectivity index (χ2n) is 4.15. The van der Waals surface area contributed by atoms with Crippen LogP contribution in [0.25, 0.3) is 0 Å². The summed E-state index contributed by atoms with van der Waals surface area (Å²) in [6.07, 6.45) is 0. The van der Waals surface area contributed by atoms with Crippen LogP contribution in [0.4, 0.5) is 5.69 Å². The number of carbonyl (C=O) groups is 1. The van der Waals surface area contributed by atoms with Gasteiger partial charge in [0.25, 0.3) is 5.91 Å². The van der Waals surface area contributed by atoms with Gasteiger partial charge in [-0.05, 0) is 43.3 Å². The molecule has 1 amide bonds. The van der Waals surface area contributed by atoms with Crippen molar-refractivity contribution in [2.75, 3.05) is 11.9 Å². The Morgan fingerprint density at radius 2 is 2.00 bits per heavy atom. The van der Waals surface area contributed by atoms with Crippen LogP contribution in [0, 0.1) is 0 Å². The third-order valence-corrected chi connectivity index (χ3v) is 3.71. The van der Waals surface area contributed by atoms with Crippen LogP contribution in [0.3, 0.4) is 0 Å². The van der Waals surface area contributed by atoms with Crippen LogP contribution in [-0.2, 0) is 0 Å². The van der Waals surface area contributed by atoms with Gasteiger partial charge in [-0.25, -0.2) is 0 Å². The first-order chi connectivity index (χ1) is 10.0. The zero-order valence-corrected chi connectivity index (χ0v) is 14.2. The minimum Gasteiger partial charge on any atom is -0.493 e. The van der Waals surface area contributed by atoms with Crippen molar-refractivity contribution in [2.24, 2.45) is 0 Å². The number of anilines is 1. The lowest BCUT2D eigenvalue weighted by molar-refractivity contribution is 0.102. The van der Waals surface area contributed by atoms with Crippen molar-refractivity contribution in [3.63, 3.8) is 0 Å². The fourth-order valence-corrected chi connectivity index (χ4v) is 2.56. The molecular weight excluding hydrogens is 377 g/mol. The van der Waals surface area contributed by atoms with E-state index in [0.29, 0.717) is 33.7 Å². The summed E-state index contributed by atoms with van der Waals surface area (Å²) in [5.74, 6) is 0.215. The zero-order valence-electron chi connectivity index (χ0n) is 11.1. The highest BCUT2D eigenvalue weighted by Crippen LogP contribution is 2.28. The molecule has 0 aliphatic rings. The second-order valence-corrected chi connectivity index (χ2v) is 5.91. The molecular formula is C15H12BrCl2NO2. The number of hydrogen-bond donors (Lipinski definition) is 1. The third-order valence-electron chi connectivity index (χ3n) is 2.67. The van der Waals surface area contributed by atoms with Crippen molar-refractivity contribution in [3.05, 3.63) is 56.5 Å². The van der Waals surface area contributed by atoms with Gasteiger partial charge in [-0.2, -0.15) is 0 Å². The predicted octanol–water partition coefficient (Wildman–Crippen LogP) is 5.41. The Bertz CT molecular complexity index is 677. The first kappa shape index (κ1) is 16.1. The number of nitrogens with one attached hydrogen (secondary N) is 1. The quantitative estimate of drug-likeness (QED) is 0.760. The third kappa shape index (κ3) is 4.13. The first-order valence-corrected chi connectivity index (χ1v) is 7.75. The van der Waals surface area contributed by atoms with Gasteiger partial charge in [0.15, 0.2) is 0 Å². The molecule has 0 saturated heterocycles. The van der Waals surface area contributed by atoms with Gasteiger partial charge in [-0.3, -0.25) is 4.79 Å². The van der Waals surface area contributed by atoms with E-state index in [4.69, 9.17) is 27.9 Å². The van der Waals surface area contributed by atoms with Crippen molar-refractivity contribution in [2.45, 2.75) is 6.92 Å². The van der Waals surface area contributed by atoms with E-state index in [2.05, 4.69) is 21.2 Å². The van der Waals surface area contributed by atoms with Crippen LogP contribution in [0.2, 0.25) is 10.0 Å². The van der Waals surface area contributed by atoms with E-state index in [0.717, 1.165) is 4.47 Å². The fraction of sp³-hybridized carbons (Fsp3) is 0.133. The number of carbonyl (C=O) groups excluding carboxylic acids is 1. The van der Waals surface area contributed by atoms with E-state index in [-0.39, 0.29) is 5.91 Å². The Hall–Kier alpha value is -1.23. The van der Waals surface area contributed by atoms with Crippen LogP contribution in [0.5, 0.6) is 5.75 Å². The molecule has 0 atom stereocenters. The molecule has 6 heteroatoms. The van der Waals surface area contributed by atoms with Gasteiger partial charge in [0.1, 0.15) is 5.75 Å². The van der Waals surface area contributed by atoms with Gasteiger partial charge in [-0.15, -0.1) is 0 Å². The van der Waals surface area contributed by atoms with Crippen LogP contribution < -0.4 is 10.1 Å². The van der Waals surface area contributed by atoms with Crippen molar-refractivity contribution in [3.8, 4) is 5.75 Å². The average Bonchev–Trinajstić information content (AvgIpc) is 2.44. The molecule has 0 aromatic heterocycles. The molecule has 0 saturated carbocycles. The monoisotopic (exact) mass is 387 g/mol. The van der Waals surface area contributed by atoms with E-state index < -0.39 is 0 Å². The van der Waals surface area contributed by atoms with Crippen molar-refractivity contribution < 1.29 is 9.53 Å². The summed E-state index contributed by atoms with van der Waals surface area (Å²) >= 11 is 15.2.